The number of thioether (sulfide) groups is 1. The third kappa shape index (κ3) is 5.16. The van der Waals surface area contributed by atoms with Gasteiger partial charge in [-0.15, -0.1) is 24.9 Å². The van der Waals surface area contributed by atoms with Gasteiger partial charge in [-0.2, -0.15) is 0 Å². The first kappa shape index (κ1) is 32.1. The van der Waals surface area contributed by atoms with Gasteiger partial charge in [0, 0.05) is 30.1 Å². The summed E-state index contributed by atoms with van der Waals surface area (Å²) in [7, 11) is 0. The van der Waals surface area contributed by atoms with Gasteiger partial charge in [0.1, 0.15) is 6.04 Å². The quantitative estimate of drug-likeness (QED) is 0.253. The first-order valence-corrected chi connectivity index (χ1v) is 17.0. The highest BCUT2D eigenvalue weighted by Crippen LogP contribution is 2.72. The van der Waals surface area contributed by atoms with Gasteiger partial charge in [-0.05, 0) is 54.7 Å². The molecule has 3 aromatic rings. The summed E-state index contributed by atoms with van der Waals surface area (Å²) in [5, 5.41) is 12.6. The number of aliphatic hydroxyl groups is 1. The molecule has 3 fully saturated rings. The minimum absolute atomic E-state index is 0.0822. The molecule has 7 nitrogen and oxygen atoms in total. The first-order chi connectivity index (χ1) is 22.2. The molecular weight excluding hydrogens is 595 g/mol. The summed E-state index contributed by atoms with van der Waals surface area (Å²) < 4.78 is -1.31. The lowest BCUT2D eigenvalue weighted by Crippen LogP contribution is -2.57. The topological polar surface area (TPSA) is 81.2 Å². The molecule has 0 saturated carbocycles. The predicted octanol–water partition coefficient (Wildman–Crippen LogP) is 5.83. The maximum Gasteiger partial charge on any atom is 0.251 e. The molecular formula is C38H43N3O4S. The van der Waals surface area contributed by atoms with Crippen molar-refractivity contribution in [2.24, 2.45) is 11.8 Å². The molecule has 3 amide bonds. The van der Waals surface area contributed by atoms with Gasteiger partial charge < -0.3 is 19.8 Å². The number of rotatable bonds is 12. The Balaban J connectivity index is 1.43. The van der Waals surface area contributed by atoms with Gasteiger partial charge in [0.05, 0.1) is 29.2 Å². The van der Waals surface area contributed by atoms with Crippen LogP contribution in [0.5, 0.6) is 0 Å². The average molecular weight is 638 g/mol. The third-order valence-corrected chi connectivity index (χ3v) is 12.3. The number of nitrogens with zero attached hydrogens (tertiary/aromatic N) is 3. The lowest BCUT2D eigenvalue weighted by atomic mass is 9.66. The Morgan fingerprint density at radius 2 is 1.70 bits per heavy atom. The van der Waals surface area contributed by atoms with Crippen LogP contribution >= 0.6 is 11.8 Å². The molecule has 46 heavy (non-hydrogen) atoms. The summed E-state index contributed by atoms with van der Waals surface area (Å²) >= 11 is 1.65. The number of benzene rings is 3. The number of amides is 3. The van der Waals surface area contributed by atoms with Crippen LogP contribution < -0.4 is 4.90 Å². The maximum absolute atomic E-state index is 15.0. The number of aliphatic hydroxyl groups excluding tert-OH is 1. The lowest BCUT2D eigenvalue weighted by molar-refractivity contribution is -0.146. The molecule has 0 aromatic heterocycles. The Labute approximate surface area is 275 Å². The second-order valence-electron chi connectivity index (χ2n) is 13.0. The van der Waals surface area contributed by atoms with Gasteiger partial charge in [-0.1, -0.05) is 79.7 Å². The Morgan fingerprint density at radius 3 is 2.37 bits per heavy atom. The minimum atomic E-state index is -0.833. The van der Waals surface area contributed by atoms with Crippen LogP contribution in [-0.4, -0.2) is 73.9 Å². The fraction of sp³-hybridized carbons (Fsp3) is 0.395. The van der Waals surface area contributed by atoms with E-state index in [9.17, 15) is 14.7 Å². The molecule has 6 rings (SSSR count). The van der Waals surface area contributed by atoms with Crippen molar-refractivity contribution in [3.8, 4) is 0 Å². The van der Waals surface area contributed by atoms with Crippen LogP contribution in [-0.2, 0) is 20.9 Å². The molecule has 6 atom stereocenters. The summed E-state index contributed by atoms with van der Waals surface area (Å²) in [6.07, 6.45) is 5.28. The molecule has 1 spiro atoms. The summed E-state index contributed by atoms with van der Waals surface area (Å²) in [5.74, 6) is -1.77. The van der Waals surface area contributed by atoms with Crippen molar-refractivity contribution >= 4 is 45.9 Å². The molecule has 3 aliphatic heterocycles. The molecule has 240 valence electrons. The second kappa shape index (κ2) is 12.7. The summed E-state index contributed by atoms with van der Waals surface area (Å²) in [6, 6.07) is 22.4. The molecule has 2 unspecified atom stereocenters. The molecule has 0 aliphatic carbocycles. The van der Waals surface area contributed by atoms with E-state index in [1.54, 1.807) is 38.6 Å². The highest BCUT2D eigenvalue weighted by molar-refractivity contribution is 8.02. The standard InChI is InChI=1S/C38H43N3O4S/c1-5-21-39(24-26-13-9-8-10-14-26)34(43)31-32-35(44)41(29(7-3)25-42)33(38(32)20-19-37(31,4)46-38)36(45)40(22-6-2)30-18-17-27-15-11-12-16-28(27)23-30/h5-6,8-18,23,29,31-33,42H,1-2,7,19-22,24-25H2,3-4H3/t29-,31+,32-,33?,37-,38?/m0/s1. The van der Waals surface area contributed by atoms with Gasteiger partial charge in [0.2, 0.25) is 11.8 Å². The molecule has 2 bridgehead atoms. The van der Waals surface area contributed by atoms with Crippen LogP contribution in [0.3, 0.4) is 0 Å². The van der Waals surface area contributed by atoms with Crippen molar-refractivity contribution in [3.63, 3.8) is 0 Å². The normalized spacial score (nSPS) is 27.0. The highest BCUT2D eigenvalue weighted by atomic mass is 32.2. The predicted molar refractivity (Wildman–Crippen MR) is 185 cm³/mol. The van der Waals surface area contributed by atoms with Crippen molar-refractivity contribution in [2.75, 3.05) is 24.6 Å². The van der Waals surface area contributed by atoms with Gasteiger partial charge in [-0.3, -0.25) is 14.4 Å². The van der Waals surface area contributed by atoms with E-state index in [2.05, 4.69) is 20.1 Å². The van der Waals surface area contributed by atoms with Crippen molar-refractivity contribution in [1.29, 1.82) is 0 Å². The van der Waals surface area contributed by atoms with Crippen molar-refractivity contribution in [1.82, 2.24) is 9.80 Å². The van der Waals surface area contributed by atoms with E-state index in [-0.39, 0.29) is 30.9 Å². The zero-order valence-electron chi connectivity index (χ0n) is 26.7. The minimum Gasteiger partial charge on any atom is -0.394 e. The van der Waals surface area contributed by atoms with E-state index in [1.165, 1.54) is 0 Å². The fourth-order valence-electron chi connectivity index (χ4n) is 8.16. The molecule has 3 heterocycles. The Morgan fingerprint density at radius 1 is 1.00 bits per heavy atom. The van der Waals surface area contributed by atoms with Gasteiger partial charge in [0.15, 0.2) is 0 Å². The number of carbonyl (C=O) groups is 3. The fourth-order valence-corrected chi connectivity index (χ4v) is 10.5. The molecule has 3 aliphatic rings. The summed E-state index contributed by atoms with van der Waals surface area (Å²) in [5.41, 5.74) is 1.73. The van der Waals surface area contributed by atoms with Crippen molar-refractivity contribution in [2.45, 2.75) is 61.2 Å². The van der Waals surface area contributed by atoms with Crippen LogP contribution in [0.15, 0.2) is 98.1 Å². The van der Waals surface area contributed by atoms with E-state index in [0.717, 1.165) is 28.4 Å². The average Bonchev–Trinajstić information content (AvgIpc) is 3.64. The van der Waals surface area contributed by atoms with Crippen LogP contribution in [0.25, 0.3) is 10.8 Å². The van der Waals surface area contributed by atoms with Crippen LogP contribution in [0.2, 0.25) is 0 Å². The number of fused-ring (bicyclic) bond motifs is 2. The SMILES string of the molecule is C=CCN(Cc1ccccc1)C(=O)[C@H]1[C@H]2C(=O)N([C@@H](CC)CO)C(C(=O)N(CC=C)c3ccc4ccccc4c3)C23CC[C@]1(C)S3. The van der Waals surface area contributed by atoms with Crippen LogP contribution in [0.1, 0.15) is 38.7 Å². The van der Waals surface area contributed by atoms with E-state index < -0.39 is 33.4 Å². The van der Waals surface area contributed by atoms with E-state index in [1.807, 2.05) is 79.7 Å². The van der Waals surface area contributed by atoms with Gasteiger partial charge in [-0.25, -0.2) is 0 Å². The van der Waals surface area contributed by atoms with Crippen molar-refractivity contribution < 1.29 is 19.5 Å². The van der Waals surface area contributed by atoms with E-state index in [4.69, 9.17) is 0 Å². The number of anilines is 1. The summed E-state index contributed by atoms with van der Waals surface area (Å²) in [6.45, 7) is 12.6. The largest absolute Gasteiger partial charge is 0.394 e. The monoisotopic (exact) mass is 637 g/mol. The number of hydrogen-bond acceptors (Lipinski definition) is 5. The van der Waals surface area contributed by atoms with Crippen LogP contribution in [0.4, 0.5) is 5.69 Å². The second-order valence-corrected chi connectivity index (χ2v) is 14.9. The Bertz CT molecular complexity index is 1660. The van der Waals surface area contributed by atoms with Crippen LogP contribution in [0, 0.1) is 11.8 Å². The van der Waals surface area contributed by atoms with Crippen molar-refractivity contribution in [3.05, 3.63) is 104 Å². The zero-order chi connectivity index (χ0) is 32.6. The van der Waals surface area contributed by atoms with Gasteiger partial charge in [0.25, 0.3) is 5.91 Å². The number of hydrogen-bond donors (Lipinski definition) is 1. The lowest BCUT2D eigenvalue weighted by Gasteiger charge is -2.39. The maximum atomic E-state index is 15.0. The Hall–Kier alpha value is -3.88. The third-order valence-electron chi connectivity index (χ3n) is 10.3. The zero-order valence-corrected chi connectivity index (χ0v) is 27.5. The molecule has 8 heteroatoms. The van der Waals surface area contributed by atoms with E-state index >= 15 is 4.79 Å². The molecule has 1 N–H and O–H groups in total. The Kier molecular flexibility index (Phi) is 8.87. The molecule has 0 radical (unpaired) electrons. The highest BCUT2D eigenvalue weighted by Gasteiger charge is 2.78. The number of likely N-dealkylation sites (tertiary alicyclic amines) is 1. The molecule has 3 aromatic carbocycles. The summed E-state index contributed by atoms with van der Waals surface area (Å²) in [4.78, 5) is 49.6. The molecule has 3 saturated heterocycles. The smallest absolute Gasteiger partial charge is 0.251 e. The first-order valence-electron chi connectivity index (χ1n) is 16.2. The van der Waals surface area contributed by atoms with Gasteiger partial charge >= 0.3 is 0 Å². The van der Waals surface area contributed by atoms with E-state index in [0.29, 0.717) is 25.9 Å². The number of carbonyl (C=O) groups excluding carboxylic acids is 3.